The van der Waals surface area contributed by atoms with E-state index in [-0.39, 0.29) is 16.9 Å². The zero-order chi connectivity index (χ0) is 29.4. The molecule has 0 unspecified atom stereocenters. The van der Waals surface area contributed by atoms with E-state index in [1.807, 2.05) is 48.5 Å². The van der Waals surface area contributed by atoms with E-state index >= 15 is 0 Å². The molecule has 0 radical (unpaired) electrons. The normalized spacial score (nSPS) is 11.3. The van der Waals surface area contributed by atoms with Gasteiger partial charge in [-0.25, -0.2) is 14.5 Å². The van der Waals surface area contributed by atoms with Gasteiger partial charge in [0.15, 0.2) is 10.9 Å². The number of thiocarbonyl (C=S) groups is 1. The molecule has 0 fully saturated rings. The van der Waals surface area contributed by atoms with Crippen molar-refractivity contribution in [3.63, 3.8) is 0 Å². The number of amides is 2. The number of aromatic nitrogens is 3. The van der Waals surface area contributed by atoms with Crippen molar-refractivity contribution in [2.24, 2.45) is 0 Å². The van der Waals surface area contributed by atoms with Crippen LogP contribution in [-0.2, 0) is 6.42 Å². The summed E-state index contributed by atoms with van der Waals surface area (Å²) < 4.78 is 42.5. The van der Waals surface area contributed by atoms with E-state index in [9.17, 15) is 18.0 Å². The first-order valence-electron chi connectivity index (χ1n) is 12.9. The van der Waals surface area contributed by atoms with Crippen LogP contribution in [-0.4, -0.2) is 38.8 Å². The molecule has 12 heteroatoms. The third kappa shape index (κ3) is 8.77. The molecule has 3 N–H and O–H groups in total. The summed E-state index contributed by atoms with van der Waals surface area (Å²) in [5, 5.41) is 13.2. The fraction of sp³-hybridized carbons (Fsp3) is 0.241. The van der Waals surface area contributed by atoms with Gasteiger partial charge in [0.05, 0.1) is 5.69 Å². The predicted molar refractivity (Wildman–Crippen MR) is 155 cm³/mol. The Hall–Kier alpha value is -4.45. The van der Waals surface area contributed by atoms with Crippen molar-refractivity contribution in [1.29, 1.82) is 0 Å². The zero-order valence-electron chi connectivity index (χ0n) is 22.4. The van der Waals surface area contributed by atoms with Crippen molar-refractivity contribution >= 4 is 29.0 Å². The topological polar surface area (TPSA) is 93.1 Å². The van der Waals surface area contributed by atoms with Crippen LogP contribution < -0.4 is 20.7 Å². The Kier molecular flexibility index (Phi) is 9.56. The standard InChI is InChI=1S/C29H29F3N6O2S/c1-19(2)24-10-3-4-11-25(24)35-28(41)36-27(39)33-16-6-8-20-7-5-9-21(17-20)26-34-18-38(37-26)22-12-14-23(15-13-22)40-29(30,31)32/h3-5,7,9-15,17-19H,6,8,16H2,1-2H3,(H3,33,35,36,39,41). The minimum absolute atomic E-state index is 0.223. The Balaban J connectivity index is 1.25. The van der Waals surface area contributed by atoms with Gasteiger partial charge < -0.3 is 15.4 Å². The lowest BCUT2D eigenvalue weighted by Crippen LogP contribution is -2.42. The Morgan fingerprint density at radius 3 is 2.54 bits per heavy atom. The number of aryl methyl sites for hydroxylation is 1. The minimum Gasteiger partial charge on any atom is -0.406 e. The lowest BCUT2D eigenvalue weighted by molar-refractivity contribution is -0.274. The number of halogens is 3. The Bertz CT molecular complexity index is 1490. The quantitative estimate of drug-likeness (QED) is 0.152. The monoisotopic (exact) mass is 582 g/mol. The number of benzene rings is 3. The van der Waals surface area contributed by atoms with Crippen LogP contribution in [0.2, 0.25) is 0 Å². The molecule has 0 bridgehead atoms. The van der Waals surface area contributed by atoms with Crippen molar-refractivity contribution in [3.05, 3.63) is 90.3 Å². The summed E-state index contributed by atoms with van der Waals surface area (Å²) in [6.07, 6.45) is -1.85. The maximum absolute atomic E-state index is 12.4. The van der Waals surface area contributed by atoms with E-state index in [2.05, 4.69) is 44.6 Å². The van der Waals surface area contributed by atoms with E-state index in [4.69, 9.17) is 12.2 Å². The molecule has 2 amide bonds. The summed E-state index contributed by atoms with van der Waals surface area (Å²) in [5.41, 5.74) is 4.34. The van der Waals surface area contributed by atoms with Gasteiger partial charge in [-0.1, -0.05) is 50.2 Å². The fourth-order valence-corrected chi connectivity index (χ4v) is 4.30. The van der Waals surface area contributed by atoms with Crippen LogP contribution >= 0.6 is 12.2 Å². The number of carbonyl (C=O) groups excluding carboxylic acids is 1. The number of anilines is 1. The molecule has 214 valence electrons. The van der Waals surface area contributed by atoms with E-state index in [1.165, 1.54) is 35.3 Å². The molecule has 4 aromatic rings. The number of carbonyl (C=O) groups is 1. The lowest BCUT2D eigenvalue weighted by atomic mass is 10.0. The van der Waals surface area contributed by atoms with Crippen LogP contribution in [0.15, 0.2) is 79.1 Å². The molecular formula is C29H29F3N6O2S. The average Bonchev–Trinajstić information content (AvgIpc) is 3.41. The summed E-state index contributed by atoms with van der Waals surface area (Å²) >= 11 is 5.29. The highest BCUT2D eigenvalue weighted by Gasteiger charge is 2.31. The smallest absolute Gasteiger partial charge is 0.406 e. The maximum Gasteiger partial charge on any atom is 0.573 e. The van der Waals surface area contributed by atoms with E-state index in [0.29, 0.717) is 36.8 Å². The summed E-state index contributed by atoms with van der Waals surface area (Å²) in [7, 11) is 0. The number of hydrogen-bond donors (Lipinski definition) is 3. The summed E-state index contributed by atoms with van der Waals surface area (Å²) in [4.78, 5) is 16.6. The van der Waals surface area contributed by atoms with Crippen LogP contribution in [0.3, 0.4) is 0 Å². The second-order valence-electron chi connectivity index (χ2n) is 9.44. The van der Waals surface area contributed by atoms with E-state index in [0.717, 1.165) is 22.4 Å². The first kappa shape index (κ1) is 29.5. The molecule has 0 spiro atoms. The van der Waals surface area contributed by atoms with E-state index < -0.39 is 6.36 Å². The number of para-hydroxylation sites is 1. The molecule has 4 rings (SSSR count). The number of hydrogen-bond acceptors (Lipinski definition) is 5. The highest BCUT2D eigenvalue weighted by molar-refractivity contribution is 7.80. The molecule has 0 atom stereocenters. The first-order chi connectivity index (χ1) is 19.6. The molecular weight excluding hydrogens is 553 g/mol. The highest BCUT2D eigenvalue weighted by atomic mass is 32.1. The predicted octanol–water partition coefficient (Wildman–Crippen LogP) is 6.59. The molecule has 0 saturated heterocycles. The number of alkyl halides is 3. The van der Waals surface area contributed by atoms with E-state index in [1.54, 1.807) is 0 Å². The average molecular weight is 583 g/mol. The minimum atomic E-state index is -4.75. The van der Waals surface area contributed by atoms with Crippen molar-refractivity contribution < 1.29 is 22.7 Å². The number of nitrogens with one attached hydrogen (secondary N) is 3. The van der Waals surface area contributed by atoms with Crippen LogP contribution in [0.4, 0.5) is 23.7 Å². The largest absolute Gasteiger partial charge is 0.573 e. The SMILES string of the molecule is CC(C)c1ccccc1NC(=S)NC(=O)NCCCc1cccc(-c2ncn(-c3ccc(OC(F)(F)F)cc3)n2)c1. The van der Waals surface area contributed by atoms with Crippen molar-refractivity contribution in [1.82, 2.24) is 25.4 Å². The van der Waals surface area contributed by atoms with Gasteiger partial charge in [-0.3, -0.25) is 5.32 Å². The van der Waals surface area contributed by atoms with Gasteiger partial charge >= 0.3 is 12.4 Å². The highest BCUT2D eigenvalue weighted by Crippen LogP contribution is 2.25. The molecule has 0 aliphatic heterocycles. The zero-order valence-corrected chi connectivity index (χ0v) is 23.2. The first-order valence-corrected chi connectivity index (χ1v) is 13.3. The second kappa shape index (κ2) is 13.3. The van der Waals surface area contributed by atoms with Crippen molar-refractivity contribution in [2.45, 2.75) is 39.0 Å². The number of rotatable bonds is 9. The summed E-state index contributed by atoms with van der Waals surface area (Å²) in [6.45, 7) is 4.62. The van der Waals surface area contributed by atoms with Crippen LogP contribution in [0, 0.1) is 0 Å². The van der Waals surface area contributed by atoms with Crippen molar-refractivity contribution in [2.75, 3.05) is 11.9 Å². The van der Waals surface area contributed by atoms with Crippen molar-refractivity contribution in [3.8, 4) is 22.8 Å². The number of nitrogens with zero attached hydrogens (tertiary/aromatic N) is 3. The van der Waals surface area contributed by atoms with Gasteiger partial charge in [-0.15, -0.1) is 18.3 Å². The van der Waals surface area contributed by atoms with Gasteiger partial charge in [0, 0.05) is 17.8 Å². The summed E-state index contributed by atoms with van der Waals surface area (Å²) in [6, 6.07) is 20.5. The Morgan fingerprint density at radius 2 is 1.80 bits per heavy atom. The van der Waals surface area contributed by atoms with Gasteiger partial charge in [-0.05, 0) is 78.5 Å². The Labute approximate surface area is 240 Å². The molecule has 1 heterocycles. The Morgan fingerprint density at radius 1 is 1.05 bits per heavy atom. The third-order valence-corrected chi connectivity index (χ3v) is 6.20. The lowest BCUT2D eigenvalue weighted by Gasteiger charge is -2.15. The number of ether oxygens (including phenoxy) is 1. The molecule has 1 aromatic heterocycles. The van der Waals surface area contributed by atoms with Gasteiger partial charge in [0.25, 0.3) is 0 Å². The molecule has 8 nitrogen and oxygen atoms in total. The van der Waals surface area contributed by atoms with Crippen LogP contribution in [0.5, 0.6) is 5.75 Å². The molecule has 0 saturated carbocycles. The molecule has 0 aliphatic carbocycles. The molecule has 41 heavy (non-hydrogen) atoms. The second-order valence-corrected chi connectivity index (χ2v) is 9.84. The maximum atomic E-state index is 12.4. The number of urea groups is 1. The molecule has 0 aliphatic rings. The van der Waals surface area contributed by atoms with Gasteiger partial charge in [0.1, 0.15) is 12.1 Å². The van der Waals surface area contributed by atoms with Gasteiger partial charge in [-0.2, -0.15) is 0 Å². The third-order valence-electron chi connectivity index (χ3n) is 6.00. The molecule has 3 aromatic carbocycles. The van der Waals surface area contributed by atoms with Crippen LogP contribution in [0.1, 0.15) is 37.3 Å². The summed E-state index contributed by atoms with van der Waals surface area (Å²) in [5.74, 6) is 0.468. The fourth-order valence-electron chi connectivity index (χ4n) is 4.10. The van der Waals surface area contributed by atoms with Gasteiger partial charge in [0.2, 0.25) is 0 Å². The van der Waals surface area contributed by atoms with Crippen LogP contribution in [0.25, 0.3) is 17.1 Å².